The number of hydrogen-bond donors (Lipinski definition) is 2. The highest BCUT2D eigenvalue weighted by Gasteiger charge is 2.27. The van der Waals surface area contributed by atoms with E-state index < -0.39 is 10.0 Å². The Balaban J connectivity index is 0.00000300. The first-order valence-corrected chi connectivity index (χ1v) is 11.6. The van der Waals surface area contributed by atoms with Crippen LogP contribution in [-0.4, -0.2) is 44.6 Å². The molecule has 0 atom stereocenters. The minimum Gasteiger partial charge on any atom is -0.362 e. The molecular formula is C19H27BrClN5O2S. The lowest BCUT2D eigenvalue weighted by molar-refractivity contribution is 0.386. The van der Waals surface area contributed by atoms with Gasteiger partial charge in [0.25, 0.3) is 0 Å². The molecule has 0 bridgehead atoms. The maximum absolute atomic E-state index is 12.6. The lowest BCUT2D eigenvalue weighted by atomic mass is 9.92. The summed E-state index contributed by atoms with van der Waals surface area (Å²) in [6.07, 6.45) is 5.08. The van der Waals surface area contributed by atoms with Gasteiger partial charge in [0.15, 0.2) is 0 Å². The number of hydrogen-bond acceptors (Lipinski definition) is 6. The van der Waals surface area contributed by atoms with Crippen molar-refractivity contribution in [3.05, 3.63) is 40.5 Å². The second-order valence-corrected chi connectivity index (χ2v) is 9.88. The maximum Gasteiger partial charge on any atom is 0.241 e. The van der Waals surface area contributed by atoms with Gasteiger partial charge in [-0.05, 0) is 60.7 Å². The number of aryl methyl sites for hydroxylation is 1. The average Bonchev–Trinajstić information content (AvgIpc) is 2.64. The largest absolute Gasteiger partial charge is 0.362 e. The predicted octanol–water partition coefficient (Wildman–Crippen LogP) is 3.74. The molecule has 1 aliphatic rings. The summed E-state index contributed by atoms with van der Waals surface area (Å²) in [7, 11) is 0.385. The van der Waals surface area contributed by atoms with Crippen molar-refractivity contribution in [2.75, 3.05) is 24.3 Å². The summed E-state index contributed by atoms with van der Waals surface area (Å²) in [5, 5.41) is 3.39. The molecule has 3 rings (SSSR count). The number of rotatable bonds is 6. The van der Waals surface area contributed by atoms with Crippen LogP contribution in [0.3, 0.4) is 0 Å². The molecule has 10 heteroatoms. The third-order valence-electron chi connectivity index (χ3n) is 4.88. The van der Waals surface area contributed by atoms with Crippen LogP contribution < -0.4 is 14.9 Å². The maximum atomic E-state index is 12.6. The molecule has 2 N–H and O–H groups in total. The van der Waals surface area contributed by atoms with Gasteiger partial charge in [0.1, 0.15) is 5.82 Å². The third kappa shape index (κ3) is 6.04. The summed E-state index contributed by atoms with van der Waals surface area (Å²) in [5.74, 6) is 1.51. The zero-order valence-corrected chi connectivity index (χ0v) is 19.9. The van der Waals surface area contributed by atoms with E-state index in [-0.39, 0.29) is 29.4 Å². The Morgan fingerprint density at radius 3 is 2.34 bits per heavy atom. The first kappa shape index (κ1) is 23.9. The highest BCUT2D eigenvalue weighted by atomic mass is 79.9. The van der Waals surface area contributed by atoms with Crippen LogP contribution in [-0.2, 0) is 10.0 Å². The molecule has 0 aliphatic heterocycles. The van der Waals surface area contributed by atoms with Gasteiger partial charge < -0.3 is 10.2 Å². The van der Waals surface area contributed by atoms with E-state index in [2.05, 4.69) is 35.9 Å². The lowest BCUT2D eigenvalue weighted by Crippen LogP contribution is -2.40. The molecule has 0 saturated heterocycles. The summed E-state index contributed by atoms with van der Waals surface area (Å²) in [6, 6.07) is 7.04. The quantitative estimate of drug-likeness (QED) is 0.623. The summed E-state index contributed by atoms with van der Waals surface area (Å²) < 4.78 is 28.7. The normalized spacial score (nSPS) is 19.3. The molecule has 1 aliphatic carbocycles. The average molecular weight is 505 g/mol. The predicted molar refractivity (Wildman–Crippen MR) is 122 cm³/mol. The van der Waals surface area contributed by atoms with Crippen molar-refractivity contribution in [2.24, 2.45) is 0 Å². The highest BCUT2D eigenvalue weighted by Crippen LogP contribution is 2.26. The molecule has 0 spiro atoms. The van der Waals surface area contributed by atoms with E-state index in [0.29, 0.717) is 10.4 Å². The Kier molecular flexibility index (Phi) is 8.28. The Hall–Kier alpha value is -1.42. The van der Waals surface area contributed by atoms with Crippen molar-refractivity contribution < 1.29 is 8.42 Å². The molecule has 0 radical (unpaired) electrons. The second-order valence-electron chi connectivity index (χ2n) is 7.34. The number of benzene rings is 1. The fourth-order valence-electron chi connectivity index (χ4n) is 3.44. The number of anilines is 2. The Bertz CT molecular complexity index is 934. The van der Waals surface area contributed by atoms with Gasteiger partial charge in [-0.2, -0.15) is 4.98 Å². The van der Waals surface area contributed by atoms with E-state index in [1.54, 1.807) is 24.3 Å². The van der Waals surface area contributed by atoms with E-state index in [4.69, 9.17) is 0 Å². The van der Waals surface area contributed by atoms with Crippen LogP contribution in [0, 0.1) is 6.92 Å². The van der Waals surface area contributed by atoms with E-state index in [1.807, 2.05) is 32.1 Å². The van der Waals surface area contributed by atoms with E-state index in [9.17, 15) is 8.42 Å². The van der Waals surface area contributed by atoms with Gasteiger partial charge in [-0.3, -0.25) is 0 Å². The van der Waals surface area contributed by atoms with E-state index >= 15 is 0 Å². The first-order chi connectivity index (χ1) is 13.3. The fraction of sp³-hybridized carbons (Fsp3) is 0.474. The summed E-state index contributed by atoms with van der Waals surface area (Å²) >= 11 is 3.32. The number of halogens is 2. The lowest BCUT2D eigenvalue weighted by Gasteiger charge is -2.29. The van der Waals surface area contributed by atoms with Crippen LogP contribution in [0.2, 0.25) is 0 Å². The van der Waals surface area contributed by atoms with E-state index in [0.717, 1.165) is 37.1 Å². The van der Waals surface area contributed by atoms with Gasteiger partial charge in [-0.15, -0.1) is 12.4 Å². The van der Waals surface area contributed by atoms with Gasteiger partial charge in [-0.25, -0.2) is 18.1 Å². The Morgan fingerprint density at radius 1 is 1.10 bits per heavy atom. The van der Waals surface area contributed by atoms with Crippen molar-refractivity contribution in [2.45, 2.75) is 49.6 Å². The minimum atomic E-state index is -3.53. The van der Waals surface area contributed by atoms with Crippen LogP contribution in [0.5, 0.6) is 0 Å². The molecule has 1 heterocycles. The molecule has 1 aromatic carbocycles. The van der Waals surface area contributed by atoms with Crippen molar-refractivity contribution in [3.8, 4) is 0 Å². The summed E-state index contributed by atoms with van der Waals surface area (Å²) in [6.45, 7) is 1.99. The number of nitrogens with one attached hydrogen (secondary N) is 2. The first-order valence-electron chi connectivity index (χ1n) is 9.30. The Labute approximate surface area is 187 Å². The van der Waals surface area contributed by atoms with Gasteiger partial charge in [0, 0.05) is 42.4 Å². The SMILES string of the molecule is Cc1cnc(N[C@H]2CC[C@@H](NS(=O)(=O)c3ccccc3Br)CC2)nc1N(C)C.Cl. The zero-order chi connectivity index (χ0) is 20.3. The second kappa shape index (κ2) is 10.1. The molecule has 1 saturated carbocycles. The van der Waals surface area contributed by atoms with Gasteiger partial charge >= 0.3 is 0 Å². The van der Waals surface area contributed by atoms with E-state index in [1.165, 1.54) is 0 Å². The smallest absolute Gasteiger partial charge is 0.241 e. The molecule has 29 heavy (non-hydrogen) atoms. The summed E-state index contributed by atoms with van der Waals surface area (Å²) in [4.78, 5) is 11.2. The number of sulfonamides is 1. The van der Waals surface area contributed by atoms with Crippen LogP contribution in [0.25, 0.3) is 0 Å². The van der Waals surface area contributed by atoms with Crippen molar-refractivity contribution in [1.29, 1.82) is 0 Å². The van der Waals surface area contributed by atoms with Crippen LogP contribution in [0.1, 0.15) is 31.2 Å². The monoisotopic (exact) mass is 503 g/mol. The molecule has 1 fully saturated rings. The molecule has 160 valence electrons. The minimum absolute atomic E-state index is 0. The third-order valence-corrected chi connectivity index (χ3v) is 7.41. The zero-order valence-electron chi connectivity index (χ0n) is 16.7. The molecule has 0 unspecified atom stereocenters. The fourth-order valence-corrected chi connectivity index (χ4v) is 5.75. The number of aromatic nitrogens is 2. The number of nitrogens with zero attached hydrogens (tertiary/aromatic N) is 3. The van der Waals surface area contributed by atoms with Crippen molar-refractivity contribution in [1.82, 2.24) is 14.7 Å². The van der Waals surface area contributed by atoms with Crippen molar-refractivity contribution >= 4 is 50.1 Å². The molecular weight excluding hydrogens is 478 g/mol. The molecule has 0 amide bonds. The van der Waals surface area contributed by atoms with Crippen LogP contribution >= 0.6 is 28.3 Å². The van der Waals surface area contributed by atoms with Crippen LogP contribution in [0.15, 0.2) is 39.8 Å². The Morgan fingerprint density at radius 2 is 1.72 bits per heavy atom. The highest BCUT2D eigenvalue weighted by molar-refractivity contribution is 9.10. The molecule has 7 nitrogen and oxygen atoms in total. The summed E-state index contributed by atoms with van der Waals surface area (Å²) in [5.41, 5.74) is 1.03. The van der Waals surface area contributed by atoms with Crippen molar-refractivity contribution in [3.63, 3.8) is 0 Å². The van der Waals surface area contributed by atoms with Gasteiger partial charge in [-0.1, -0.05) is 12.1 Å². The van der Waals surface area contributed by atoms with Crippen LogP contribution in [0.4, 0.5) is 11.8 Å². The standard InChI is InChI=1S/C19H26BrN5O2S.ClH/c1-13-12-21-19(23-18(13)25(2)3)22-14-8-10-15(11-9-14)24-28(26,27)17-7-5-4-6-16(17)20;/h4-7,12,14-15,24H,8-11H2,1-3H3,(H,21,22,23);1H/t14-,15+;. The topological polar surface area (TPSA) is 87.2 Å². The van der Waals surface area contributed by atoms with Gasteiger partial charge in [0.2, 0.25) is 16.0 Å². The molecule has 2 aromatic rings. The molecule has 1 aromatic heterocycles. The van der Waals surface area contributed by atoms with Gasteiger partial charge in [0.05, 0.1) is 4.90 Å².